The Hall–Kier alpha value is -1.29. The summed E-state index contributed by atoms with van der Waals surface area (Å²) in [5.74, 6) is 0.421. The lowest BCUT2D eigenvalue weighted by Gasteiger charge is -2.11. The molecule has 0 saturated heterocycles. The third kappa shape index (κ3) is 4.88. The van der Waals surface area contributed by atoms with Gasteiger partial charge in [0.1, 0.15) is 11.6 Å². The Kier molecular flexibility index (Phi) is 5.85. The molecular formula is C16H18Cl2N2O. The zero-order valence-electron chi connectivity index (χ0n) is 12.1. The van der Waals surface area contributed by atoms with Gasteiger partial charge in [-0.2, -0.15) is 0 Å². The van der Waals surface area contributed by atoms with Crippen LogP contribution in [-0.2, 0) is 13.2 Å². The monoisotopic (exact) mass is 324 g/mol. The highest BCUT2D eigenvalue weighted by molar-refractivity contribution is 6.32. The maximum atomic E-state index is 6.20. The lowest BCUT2D eigenvalue weighted by atomic mass is 10.2. The van der Waals surface area contributed by atoms with Crippen molar-refractivity contribution in [1.29, 1.82) is 0 Å². The van der Waals surface area contributed by atoms with Gasteiger partial charge in [0.05, 0.1) is 0 Å². The van der Waals surface area contributed by atoms with Gasteiger partial charge in [-0.15, -0.1) is 0 Å². The Balaban J connectivity index is 1.99. The summed E-state index contributed by atoms with van der Waals surface area (Å²) in [5, 5.41) is 4.49. The molecule has 112 valence electrons. The van der Waals surface area contributed by atoms with Crippen LogP contribution in [0.25, 0.3) is 0 Å². The number of nitrogens with one attached hydrogen (secondary N) is 1. The van der Waals surface area contributed by atoms with E-state index < -0.39 is 0 Å². The van der Waals surface area contributed by atoms with Gasteiger partial charge >= 0.3 is 0 Å². The SMILES string of the molecule is CC(C)NCc1cnc(OCc2ccccc2Cl)c(Cl)c1. The van der Waals surface area contributed by atoms with E-state index in [-0.39, 0.29) is 0 Å². The summed E-state index contributed by atoms with van der Waals surface area (Å²) in [6, 6.07) is 9.83. The second kappa shape index (κ2) is 7.64. The van der Waals surface area contributed by atoms with Gasteiger partial charge in [-0.3, -0.25) is 0 Å². The largest absolute Gasteiger partial charge is 0.472 e. The summed E-state index contributed by atoms with van der Waals surface area (Å²) >= 11 is 12.3. The van der Waals surface area contributed by atoms with Crippen molar-refractivity contribution in [3.63, 3.8) is 0 Å². The first kappa shape index (κ1) is 16.1. The second-order valence-electron chi connectivity index (χ2n) is 5.05. The Labute approximate surface area is 135 Å². The first-order chi connectivity index (χ1) is 10.1. The highest BCUT2D eigenvalue weighted by atomic mass is 35.5. The predicted molar refractivity (Wildman–Crippen MR) is 87.0 cm³/mol. The fraction of sp³-hybridized carbons (Fsp3) is 0.312. The molecule has 0 spiro atoms. The van der Waals surface area contributed by atoms with E-state index in [1.54, 1.807) is 6.20 Å². The van der Waals surface area contributed by atoms with Gasteiger partial charge in [0.15, 0.2) is 0 Å². The molecule has 2 aromatic rings. The highest BCUT2D eigenvalue weighted by Gasteiger charge is 2.07. The van der Waals surface area contributed by atoms with Crippen molar-refractivity contribution in [1.82, 2.24) is 10.3 Å². The van der Waals surface area contributed by atoms with Crippen molar-refractivity contribution in [2.24, 2.45) is 0 Å². The standard InChI is InChI=1S/C16H18Cl2N2O/c1-11(2)19-8-12-7-15(18)16(20-9-12)21-10-13-5-3-4-6-14(13)17/h3-7,9,11,19H,8,10H2,1-2H3. The number of ether oxygens (including phenoxy) is 1. The fourth-order valence-electron chi connectivity index (χ4n) is 1.75. The Morgan fingerprint density at radius 2 is 1.95 bits per heavy atom. The smallest absolute Gasteiger partial charge is 0.232 e. The maximum absolute atomic E-state index is 6.20. The zero-order valence-corrected chi connectivity index (χ0v) is 13.6. The van der Waals surface area contributed by atoms with Gasteiger partial charge < -0.3 is 10.1 Å². The van der Waals surface area contributed by atoms with Crippen LogP contribution in [0.3, 0.4) is 0 Å². The molecule has 0 aliphatic carbocycles. The number of halogens is 2. The quantitative estimate of drug-likeness (QED) is 0.851. The molecule has 1 aromatic heterocycles. The molecule has 0 atom stereocenters. The summed E-state index contributed by atoms with van der Waals surface area (Å²) in [4.78, 5) is 4.26. The highest BCUT2D eigenvalue weighted by Crippen LogP contribution is 2.24. The van der Waals surface area contributed by atoms with Crippen LogP contribution in [0.4, 0.5) is 0 Å². The molecule has 1 aromatic carbocycles. The lowest BCUT2D eigenvalue weighted by molar-refractivity contribution is 0.294. The first-order valence-electron chi connectivity index (χ1n) is 6.80. The second-order valence-corrected chi connectivity index (χ2v) is 5.86. The van der Waals surface area contributed by atoms with E-state index >= 15 is 0 Å². The minimum atomic E-state index is 0.343. The van der Waals surface area contributed by atoms with E-state index in [1.807, 2.05) is 30.3 Å². The van der Waals surface area contributed by atoms with Gasteiger partial charge in [0.25, 0.3) is 0 Å². The third-order valence-corrected chi connectivity index (χ3v) is 3.54. The van der Waals surface area contributed by atoms with Crippen LogP contribution in [0.15, 0.2) is 36.5 Å². The molecule has 2 rings (SSSR count). The van der Waals surface area contributed by atoms with Crippen LogP contribution in [0.1, 0.15) is 25.0 Å². The number of hydrogen-bond acceptors (Lipinski definition) is 3. The van der Waals surface area contributed by atoms with Crippen LogP contribution in [0.5, 0.6) is 5.88 Å². The topological polar surface area (TPSA) is 34.2 Å². The number of aromatic nitrogens is 1. The summed E-state index contributed by atoms with van der Waals surface area (Å²) in [6.07, 6.45) is 1.77. The zero-order chi connectivity index (χ0) is 15.2. The van der Waals surface area contributed by atoms with Crippen LogP contribution in [0, 0.1) is 0 Å². The Morgan fingerprint density at radius 3 is 2.62 bits per heavy atom. The fourth-order valence-corrected chi connectivity index (χ4v) is 2.19. The summed E-state index contributed by atoms with van der Waals surface area (Å²) in [7, 11) is 0. The maximum Gasteiger partial charge on any atom is 0.232 e. The summed E-state index contributed by atoms with van der Waals surface area (Å²) < 4.78 is 5.64. The molecule has 0 radical (unpaired) electrons. The lowest BCUT2D eigenvalue weighted by Crippen LogP contribution is -2.21. The van der Waals surface area contributed by atoms with Crippen molar-refractivity contribution in [2.75, 3.05) is 0 Å². The van der Waals surface area contributed by atoms with E-state index in [4.69, 9.17) is 27.9 Å². The average molecular weight is 325 g/mol. The average Bonchev–Trinajstić information content (AvgIpc) is 2.45. The van der Waals surface area contributed by atoms with Crippen LogP contribution in [0.2, 0.25) is 10.0 Å². The first-order valence-corrected chi connectivity index (χ1v) is 7.56. The van der Waals surface area contributed by atoms with Gasteiger partial charge in [0.2, 0.25) is 5.88 Å². The van der Waals surface area contributed by atoms with Crippen LogP contribution in [-0.4, -0.2) is 11.0 Å². The van der Waals surface area contributed by atoms with Crippen molar-refractivity contribution in [2.45, 2.75) is 33.0 Å². The van der Waals surface area contributed by atoms with E-state index in [0.29, 0.717) is 28.6 Å². The molecule has 0 amide bonds. The van der Waals surface area contributed by atoms with Gasteiger partial charge in [0, 0.05) is 29.4 Å². The molecule has 0 bridgehead atoms. The minimum Gasteiger partial charge on any atom is -0.472 e. The van der Waals surface area contributed by atoms with E-state index in [0.717, 1.165) is 17.7 Å². The molecule has 5 heteroatoms. The number of benzene rings is 1. The molecule has 21 heavy (non-hydrogen) atoms. The summed E-state index contributed by atoms with van der Waals surface area (Å²) in [5.41, 5.74) is 1.93. The Bertz CT molecular complexity index is 603. The van der Waals surface area contributed by atoms with Crippen molar-refractivity contribution in [3.05, 3.63) is 57.7 Å². The van der Waals surface area contributed by atoms with E-state index in [1.165, 1.54) is 0 Å². The molecule has 1 heterocycles. The number of pyridine rings is 1. The van der Waals surface area contributed by atoms with Crippen molar-refractivity contribution in [3.8, 4) is 5.88 Å². The summed E-state index contributed by atoms with van der Waals surface area (Å²) in [6.45, 7) is 5.26. The number of nitrogens with zero attached hydrogens (tertiary/aromatic N) is 1. The molecular weight excluding hydrogens is 307 g/mol. The van der Waals surface area contributed by atoms with Crippen molar-refractivity contribution >= 4 is 23.2 Å². The van der Waals surface area contributed by atoms with Crippen molar-refractivity contribution < 1.29 is 4.74 Å². The number of rotatable bonds is 6. The number of hydrogen-bond donors (Lipinski definition) is 1. The molecule has 0 aliphatic rings. The van der Waals surface area contributed by atoms with Gasteiger partial charge in [-0.1, -0.05) is 55.2 Å². The molecule has 3 nitrogen and oxygen atoms in total. The molecule has 0 unspecified atom stereocenters. The molecule has 0 saturated carbocycles. The molecule has 0 fully saturated rings. The van der Waals surface area contributed by atoms with Crippen LogP contribution >= 0.6 is 23.2 Å². The molecule has 1 N–H and O–H groups in total. The van der Waals surface area contributed by atoms with Gasteiger partial charge in [-0.25, -0.2) is 4.98 Å². The third-order valence-electron chi connectivity index (χ3n) is 2.90. The minimum absolute atomic E-state index is 0.343. The predicted octanol–water partition coefficient (Wildman–Crippen LogP) is 4.47. The Morgan fingerprint density at radius 1 is 1.19 bits per heavy atom. The van der Waals surface area contributed by atoms with Gasteiger partial charge in [-0.05, 0) is 17.7 Å². The van der Waals surface area contributed by atoms with Crippen LogP contribution < -0.4 is 10.1 Å². The van der Waals surface area contributed by atoms with E-state index in [9.17, 15) is 0 Å². The van der Waals surface area contributed by atoms with E-state index in [2.05, 4.69) is 24.1 Å². The molecule has 0 aliphatic heterocycles. The normalized spacial score (nSPS) is 10.9.